The minimum atomic E-state index is -4.53. The molecule has 5 atom stereocenters. The van der Waals surface area contributed by atoms with Crippen molar-refractivity contribution in [3.8, 4) is 0 Å². The molecule has 3 unspecified atom stereocenters. The number of alkyl halides is 3. The summed E-state index contributed by atoms with van der Waals surface area (Å²) >= 11 is 0. The number of imide groups is 1. The summed E-state index contributed by atoms with van der Waals surface area (Å²) in [7, 11) is 0. The van der Waals surface area contributed by atoms with E-state index in [4.69, 9.17) is 16.2 Å². The van der Waals surface area contributed by atoms with Crippen molar-refractivity contribution in [2.45, 2.75) is 55.5 Å². The Morgan fingerprint density at radius 2 is 1.95 bits per heavy atom. The Bertz CT molecular complexity index is 1220. The molecular formula is C22H25F3N8O5. The van der Waals surface area contributed by atoms with Gasteiger partial charge in [0.05, 0.1) is 24.7 Å². The number of rotatable bonds is 5. The molecule has 2 saturated heterocycles. The van der Waals surface area contributed by atoms with Gasteiger partial charge in [-0.25, -0.2) is 14.8 Å². The molecule has 3 amide bonds. The highest BCUT2D eigenvalue weighted by Crippen LogP contribution is 2.41. The van der Waals surface area contributed by atoms with Crippen molar-refractivity contribution in [2.75, 3.05) is 13.1 Å². The number of likely N-dealkylation sites (tertiary alicyclic amines) is 1. The number of ether oxygens (including phenoxy) is 1. The molecule has 0 bridgehead atoms. The van der Waals surface area contributed by atoms with Crippen LogP contribution in [0.2, 0.25) is 0 Å². The van der Waals surface area contributed by atoms with Crippen LogP contribution in [0, 0.1) is 0 Å². The van der Waals surface area contributed by atoms with Crippen molar-refractivity contribution in [1.29, 1.82) is 0 Å². The predicted molar refractivity (Wildman–Crippen MR) is 124 cm³/mol. The molecule has 4 heterocycles. The van der Waals surface area contributed by atoms with Gasteiger partial charge in [-0.1, -0.05) is 12.1 Å². The predicted octanol–water partition coefficient (Wildman–Crippen LogP) is -1.19. The summed E-state index contributed by atoms with van der Waals surface area (Å²) in [6.07, 6.45) is -7.92. The molecule has 4 aliphatic heterocycles. The highest BCUT2D eigenvalue weighted by atomic mass is 19.4. The van der Waals surface area contributed by atoms with E-state index in [2.05, 4.69) is 20.6 Å². The van der Waals surface area contributed by atoms with Crippen molar-refractivity contribution >= 4 is 29.8 Å². The van der Waals surface area contributed by atoms with Gasteiger partial charge in [0, 0.05) is 19.4 Å². The second-order valence-electron chi connectivity index (χ2n) is 9.41. The third-order valence-electron chi connectivity index (χ3n) is 7.08. The van der Waals surface area contributed by atoms with Crippen LogP contribution in [0.4, 0.5) is 18.0 Å². The van der Waals surface area contributed by atoms with Crippen LogP contribution in [0.25, 0.3) is 0 Å². The Morgan fingerprint density at radius 3 is 2.63 bits per heavy atom. The lowest BCUT2D eigenvalue weighted by molar-refractivity contribution is -0.139. The van der Waals surface area contributed by atoms with Crippen LogP contribution in [0.15, 0.2) is 34.3 Å². The van der Waals surface area contributed by atoms with E-state index >= 15 is 0 Å². The molecule has 0 aliphatic carbocycles. The zero-order valence-corrected chi connectivity index (χ0v) is 19.8. The normalized spacial score (nSPS) is 30.4. The van der Waals surface area contributed by atoms with Gasteiger partial charge in [-0.3, -0.25) is 14.5 Å². The molecule has 0 aromatic heterocycles. The number of nitrogens with two attached hydrogens (primary N) is 2. The van der Waals surface area contributed by atoms with E-state index < -0.39 is 47.8 Å². The molecule has 0 radical (unpaired) electrons. The average molecular weight is 538 g/mol. The number of nitrogens with zero attached hydrogens (tertiary/aromatic N) is 4. The Hall–Kier alpha value is -4.08. The molecule has 2 fully saturated rings. The maximum Gasteiger partial charge on any atom is 0.416 e. The van der Waals surface area contributed by atoms with Crippen molar-refractivity contribution in [1.82, 2.24) is 20.4 Å². The van der Waals surface area contributed by atoms with Gasteiger partial charge < -0.3 is 36.8 Å². The number of alkyl carbamates (subject to hydrolysis) is 1. The molecule has 1 aromatic carbocycles. The second kappa shape index (κ2) is 9.04. The van der Waals surface area contributed by atoms with Crippen LogP contribution in [-0.2, 0) is 27.0 Å². The first-order chi connectivity index (χ1) is 17.9. The van der Waals surface area contributed by atoms with E-state index in [-0.39, 0.29) is 61.8 Å². The fourth-order valence-electron chi connectivity index (χ4n) is 5.35. The van der Waals surface area contributed by atoms with Crippen molar-refractivity contribution in [3.63, 3.8) is 0 Å². The number of benzene rings is 1. The number of hydrogen-bond donors (Lipinski definition) is 5. The van der Waals surface area contributed by atoms with Crippen molar-refractivity contribution in [2.24, 2.45) is 21.5 Å². The third-order valence-corrected chi connectivity index (χ3v) is 7.08. The number of amides is 3. The summed E-state index contributed by atoms with van der Waals surface area (Å²) in [4.78, 5) is 48.1. The quantitative estimate of drug-likeness (QED) is 0.287. The van der Waals surface area contributed by atoms with Gasteiger partial charge in [0.1, 0.15) is 12.1 Å². The highest BCUT2D eigenvalue weighted by molar-refractivity contribution is 6.02. The van der Waals surface area contributed by atoms with Crippen LogP contribution in [0.5, 0.6) is 0 Å². The molecule has 1 aromatic rings. The standard InChI is InChI=1S/C22H25F3N8O5/c23-22(24,25)11-3-1-2-10(6-11)7-28-20(37)38-13-9-33-19(27)29-12(8-32-14(34)4-5-15(32)35)16-21(33,17(13)36)31-18(26)30-16/h1-3,6,12-13,16-17,36H,4-5,7-9H2,(H2,27,29)(H,28,37)(H3,26,30,31)/t12-,13-,16?,17?,21?/m0/s1. The Balaban J connectivity index is 1.29. The zero-order valence-electron chi connectivity index (χ0n) is 19.8. The van der Waals surface area contributed by atoms with Crippen LogP contribution in [-0.4, -0.2) is 87.8 Å². The molecule has 4 aliphatic rings. The Kier molecular flexibility index (Phi) is 6.08. The first kappa shape index (κ1) is 25.6. The summed E-state index contributed by atoms with van der Waals surface area (Å²) in [5.74, 6) is -0.789. The molecule has 38 heavy (non-hydrogen) atoms. The fraction of sp³-hybridized carbons (Fsp3) is 0.500. The second-order valence-corrected chi connectivity index (χ2v) is 9.41. The van der Waals surface area contributed by atoms with E-state index in [1.165, 1.54) is 17.0 Å². The smallest absolute Gasteiger partial charge is 0.416 e. The zero-order chi connectivity index (χ0) is 27.4. The first-order valence-corrected chi connectivity index (χ1v) is 11.7. The highest BCUT2D eigenvalue weighted by Gasteiger charge is 2.66. The summed E-state index contributed by atoms with van der Waals surface area (Å²) in [6.45, 7) is -0.470. The number of carbonyl (C=O) groups excluding carboxylic acids is 3. The topological polar surface area (TPSA) is 188 Å². The van der Waals surface area contributed by atoms with Crippen LogP contribution < -0.4 is 22.1 Å². The minimum Gasteiger partial charge on any atom is -0.441 e. The van der Waals surface area contributed by atoms with Gasteiger partial charge in [-0.15, -0.1) is 0 Å². The minimum absolute atomic E-state index is 0.0392. The van der Waals surface area contributed by atoms with Crippen LogP contribution in [0.3, 0.4) is 0 Å². The lowest BCUT2D eigenvalue weighted by atomic mass is 9.88. The molecule has 0 saturated carbocycles. The number of hydrogen-bond acceptors (Lipinski definition) is 11. The van der Waals surface area contributed by atoms with E-state index in [1.54, 1.807) is 0 Å². The van der Waals surface area contributed by atoms with Crippen LogP contribution in [0.1, 0.15) is 24.0 Å². The monoisotopic (exact) mass is 538 g/mol. The Labute approximate surface area is 213 Å². The van der Waals surface area contributed by atoms with Gasteiger partial charge in [0.25, 0.3) is 0 Å². The summed E-state index contributed by atoms with van der Waals surface area (Å²) in [5.41, 5.74) is 10.0. The number of guanidine groups is 2. The third kappa shape index (κ3) is 4.23. The van der Waals surface area contributed by atoms with Crippen molar-refractivity contribution in [3.05, 3.63) is 35.4 Å². The van der Waals surface area contributed by atoms with Crippen LogP contribution >= 0.6 is 0 Å². The maximum atomic E-state index is 12.9. The van der Waals surface area contributed by atoms with E-state index in [9.17, 15) is 32.7 Å². The number of aliphatic imine (C=N–C) groups is 2. The molecule has 1 spiro atoms. The molecule has 204 valence electrons. The number of nitrogens with one attached hydrogen (secondary N) is 2. The molecule has 16 heteroatoms. The number of carbonyl (C=O) groups is 3. The van der Waals surface area contributed by atoms with Gasteiger partial charge in [0.2, 0.25) is 11.8 Å². The maximum absolute atomic E-state index is 12.9. The SMILES string of the molecule is NC1=NC2[C@H](CN3C(=O)CCC3=O)N=C(N)N3C[C@H](OC(=O)NCc4cccc(C(F)(F)F)c4)C(O)C23N1. The number of aliphatic hydroxyl groups is 1. The fourth-order valence-corrected chi connectivity index (χ4v) is 5.35. The largest absolute Gasteiger partial charge is 0.441 e. The van der Waals surface area contributed by atoms with E-state index in [1.807, 2.05) is 0 Å². The van der Waals surface area contributed by atoms with E-state index in [0.29, 0.717) is 0 Å². The molecule has 5 rings (SSSR count). The van der Waals surface area contributed by atoms with E-state index in [0.717, 1.165) is 17.0 Å². The van der Waals surface area contributed by atoms with Gasteiger partial charge >= 0.3 is 12.3 Å². The van der Waals surface area contributed by atoms with Crippen molar-refractivity contribution < 1.29 is 37.4 Å². The molecule has 13 nitrogen and oxygen atoms in total. The molecule has 7 N–H and O–H groups in total. The average Bonchev–Trinajstić information content (AvgIpc) is 3.47. The van der Waals surface area contributed by atoms with Gasteiger partial charge in [-0.2, -0.15) is 13.2 Å². The van der Waals surface area contributed by atoms with Gasteiger partial charge in [0.15, 0.2) is 23.7 Å². The lowest BCUT2D eigenvalue weighted by Gasteiger charge is -2.46. The lowest BCUT2D eigenvalue weighted by Crippen LogP contribution is -2.73. The molecular weight excluding hydrogens is 513 g/mol. The number of halogens is 3. The first-order valence-electron chi connectivity index (χ1n) is 11.7. The number of aliphatic hydroxyl groups excluding tert-OH is 1. The summed E-state index contributed by atoms with van der Waals surface area (Å²) < 4.78 is 44.2. The summed E-state index contributed by atoms with van der Waals surface area (Å²) in [6, 6.07) is 2.76. The Morgan fingerprint density at radius 1 is 1.24 bits per heavy atom. The summed E-state index contributed by atoms with van der Waals surface area (Å²) in [5, 5.41) is 16.6. The van der Waals surface area contributed by atoms with Gasteiger partial charge in [-0.05, 0) is 17.7 Å².